The summed E-state index contributed by atoms with van der Waals surface area (Å²) in [6, 6.07) is 7.62. The van der Waals surface area contributed by atoms with Gasteiger partial charge in [-0.2, -0.15) is 0 Å². The molecule has 1 aromatic carbocycles. The number of aromatic nitrogens is 2. The standard InChI is InChI=1S/C19H24N4O3/c1-20-15-4-2-3-5-16(15)23(19(20)26)9-8-17(24)21-10-12-22(13-11-21)18(25)14-6-7-14/h2-5,14H,6-13H2,1H3. The first kappa shape index (κ1) is 16.9. The largest absolute Gasteiger partial charge is 0.339 e. The number of para-hydroxylation sites is 2. The lowest BCUT2D eigenvalue weighted by molar-refractivity contribution is -0.140. The van der Waals surface area contributed by atoms with Crippen LogP contribution < -0.4 is 5.69 Å². The number of hydrogen-bond donors (Lipinski definition) is 0. The van der Waals surface area contributed by atoms with Gasteiger partial charge in [0.1, 0.15) is 0 Å². The Morgan fingerprint density at radius 1 is 1.00 bits per heavy atom. The van der Waals surface area contributed by atoms with Gasteiger partial charge in [0.25, 0.3) is 0 Å². The molecule has 1 saturated heterocycles. The maximum Gasteiger partial charge on any atom is 0.328 e. The second-order valence-corrected chi connectivity index (χ2v) is 7.21. The quantitative estimate of drug-likeness (QED) is 0.814. The highest BCUT2D eigenvalue weighted by Gasteiger charge is 2.35. The van der Waals surface area contributed by atoms with Crippen LogP contribution in [-0.4, -0.2) is 56.9 Å². The van der Waals surface area contributed by atoms with E-state index in [4.69, 9.17) is 0 Å². The van der Waals surface area contributed by atoms with Crippen LogP contribution >= 0.6 is 0 Å². The van der Waals surface area contributed by atoms with E-state index in [2.05, 4.69) is 0 Å². The third kappa shape index (κ3) is 3.02. The van der Waals surface area contributed by atoms with E-state index in [1.165, 1.54) is 0 Å². The van der Waals surface area contributed by atoms with E-state index in [0.717, 1.165) is 23.9 Å². The van der Waals surface area contributed by atoms with Crippen molar-refractivity contribution in [2.45, 2.75) is 25.8 Å². The maximum atomic E-state index is 12.5. The van der Waals surface area contributed by atoms with Crippen LogP contribution in [-0.2, 0) is 23.2 Å². The van der Waals surface area contributed by atoms with E-state index in [0.29, 0.717) is 39.1 Å². The second-order valence-electron chi connectivity index (χ2n) is 7.21. The van der Waals surface area contributed by atoms with Crippen LogP contribution in [0.5, 0.6) is 0 Å². The van der Waals surface area contributed by atoms with Crippen molar-refractivity contribution in [2.75, 3.05) is 26.2 Å². The summed E-state index contributed by atoms with van der Waals surface area (Å²) < 4.78 is 3.28. The topological polar surface area (TPSA) is 67.6 Å². The average molecular weight is 356 g/mol. The van der Waals surface area contributed by atoms with Gasteiger partial charge in [0.2, 0.25) is 11.8 Å². The minimum absolute atomic E-state index is 0.0448. The molecule has 7 nitrogen and oxygen atoms in total. The predicted octanol–water partition coefficient (Wildman–Crippen LogP) is 0.811. The molecule has 2 aliphatic rings. The number of carbonyl (C=O) groups is 2. The molecule has 2 amide bonds. The minimum Gasteiger partial charge on any atom is -0.339 e. The number of benzene rings is 1. The molecule has 0 atom stereocenters. The Kier molecular flexibility index (Phi) is 4.30. The van der Waals surface area contributed by atoms with E-state index in [1.54, 1.807) is 16.2 Å². The molecule has 0 radical (unpaired) electrons. The number of amides is 2. The van der Waals surface area contributed by atoms with Crippen LogP contribution in [0.4, 0.5) is 0 Å². The summed E-state index contributed by atoms with van der Waals surface area (Å²) in [7, 11) is 1.75. The van der Waals surface area contributed by atoms with Gasteiger partial charge in [-0.25, -0.2) is 4.79 Å². The Labute approximate surface area is 151 Å². The van der Waals surface area contributed by atoms with Crippen molar-refractivity contribution in [2.24, 2.45) is 13.0 Å². The minimum atomic E-state index is -0.0983. The third-order valence-corrected chi connectivity index (χ3v) is 5.47. The molecule has 138 valence electrons. The summed E-state index contributed by atoms with van der Waals surface area (Å²) in [5.74, 6) is 0.526. The molecular weight excluding hydrogens is 332 g/mol. The number of nitrogens with zero attached hydrogens (tertiary/aromatic N) is 4. The van der Waals surface area contributed by atoms with Crippen molar-refractivity contribution >= 4 is 22.8 Å². The van der Waals surface area contributed by atoms with Gasteiger partial charge in [0.15, 0.2) is 0 Å². The highest BCUT2D eigenvalue weighted by molar-refractivity contribution is 5.82. The summed E-state index contributed by atoms with van der Waals surface area (Å²) >= 11 is 0. The first-order chi connectivity index (χ1) is 12.6. The summed E-state index contributed by atoms with van der Waals surface area (Å²) in [4.78, 5) is 40.8. The van der Waals surface area contributed by atoms with Crippen molar-refractivity contribution in [1.82, 2.24) is 18.9 Å². The van der Waals surface area contributed by atoms with Gasteiger partial charge in [-0.3, -0.25) is 18.7 Å². The monoisotopic (exact) mass is 356 g/mol. The van der Waals surface area contributed by atoms with Crippen LogP contribution in [0.3, 0.4) is 0 Å². The summed E-state index contributed by atoms with van der Waals surface area (Å²) in [5.41, 5.74) is 1.63. The van der Waals surface area contributed by atoms with Crippen molar-refractivity contribution in [3.63, 3.8) is 0 Å². The number of rotatable bonds is 4. The van der Waals surface area contributed by atoms with Crippen LogP contribution in [0.1, 0.15) is 19.3 Å². The molecule has 0 N–H and O–H groups in total. The normalized spacial score (nSPS) is 17.7. The fourth-order valence-corrected chi connectivity index (χ4v) is 3.71. The lowest BCUT2D eigenvalue weighted by Gasteiger charge is -2.35. The van der Waals surface area contributed by atoms with Gasteiger partial charge in [-0.15, -0.1) is 0 Å². The first-order valence-corrected chi connectivity index (χ1v) is 9.27. The molecule has 2 fully saturated rings. The van der Waals surface area contributed by atoms with E-state index < -0.39 is 0 Å². The maximum absolute atomic E-state index is 12.5. The fraction of sp³-hybridized carbons (Fsp3) is 0.526. The number of fused-ring (bicyclic) bond motifs is 1. The molecular formula is C19H24N4O3. The number of carbonyl (C=O) groups excluding carboxylic acids is 2. The Balaban J connectivity index is 1.37. The van der Waals surface area contributed by atoms with Gasteiger partial charge >= 0.3 is 5.69 Å². The van der Waals surface area contributed by atoms with Crippen molar-refractivity contribution in [3.8, 4) is 0 Å². The van der Waals surface area contributed by atoms with Crippen LogP contribution in [0, 0.1) is 5.92 Å². The van der Waals surface area contributed by atoms with Crippen molar-refractivity contribution < 1.29 is 9.59 Å². The number of aryl methyl sites for hydroxylation is 2. The lowest BCUT2D eigenvalue weighted by Crippen LogP contribution is -2.51. The molecule has 1 aromatic heterocycles. The molecule has 0 spiro atoms. The van der Waals surface area contributed by atoms with Crippen LogP contribution in [0.25, 0.3) is 11.0 Å². The Bertz CT molecular complexity index is 901. The Hall–Kier alpha value is -2.57. The zero-order valence-corrected chi connectivity index (χ0v) is 15.1. The zero-order chi connectivity index (χ0) is 18.3. The van der Waals surface area contributed by atoms with E-state index in [-0.39, 0.29) is 23.4 Å². The summed E-state index contributed by atoms with van der Waals surface area (Å²) in [6.45, 7) is 2.79. The smallest absolute Gasteiger partial charge is 0.328 e. The average Bonchev–Trinajstić information content (AvgIpc) is 3.49. The van der Waals surface area contributed by atoms with Crippen LogP contribution in [0.2, 0.25) is 0 Å². The van der Waals surface area contributed by atoms with Gasteiger partial charge in [0, 0.05) is 52.1 Å². The molecule has 2 heterocycles. The number of piperazine rings is 1. The molecule has 4 rings (SSSR count). The van der Waals surface area contributed by atoms with E-state index >= 15 is 0 Å². The molecule has 7 heteroatoms. The van der Waals surface area contributed by atoms with Gasteiger partial charge in [-0.05, 0) is 25.0 Å². The van der Waals surface area contributed by atoms with Crippen molar-refractivity contribution in [1.29, 1.82) is 0 Å². The first-order valence-electron chi connectivity index (χ1n) is 9.27. The third-order valence-electron chi connectivity index (χ3n) is 5.47. The Morgan fingerprint density at radius 2 is 1.62 bits per heavy atom. The van der Waals surface area contributed by atoms with Gasteiger partial charge in [-0.1, -0.05) is 12.1 Å². The molecule has 26 heavy (non-hydrogen) atoms. The van der Waals surface area contributed by atoms with Crippen molar-refractivity contribution in [3.05, 3.63) is 34.7 Å². The number of imidazole rings is 1. The Morgan fingerprint density at radius 3 is 2.27 bits per heavy atom. The lowest BCUT2D eigenvalue weighted by atomic mass is 10.2. The fourth-order valence-electron chi connectivity index (χ4n) is 3.71. The van der Waals surface area contributed by atoms with E-state index in [9.17, 15) is 14.4 Å². The van der Waals surface area contributed by atoms with Gasteiger partial charge in [0.05, 0.1) is 11.0 Å². The molecule has 1 aliphatic heterocycles. The second kappa shape index (κ2) is 6.63. The molecule has 0 bridgehead atoms. The van der Waals surface area contributed by atoms with E-state index in [1.807, 2.05) is 34.1 Å². The molecule has 2 aromatic rings. The molecule has 1 aliphatic carbocycles. The predicted molar refractivity (Wildman–Crippen MR) is 97.7 cm³/mol. The highest BCUT2D eigenvalue weighted by atomic mass is 16.2. The zero-order valence-electron chi connectivity index (χ0n) is 15.1. The highest BCUT2D eigenvalue weighted by Crippen LogP contribution is 2.31. The van der Waals surface area contributed by atoms with Gasteiger partial charge < -0.3 is 9.80 Å². The molecule has 1 saturated carbocycles. The number of hydrogen-bond acceptors (Lipinski definition) is 3. The van der Waals surface area contributed by atoms with Crippen LogP contribution in [0.15, 0.2) is 29.1 Å². The summed E-state index contributed by atoms with van der Waals surface area (Å²) in [6.07, 6.45) is 2.32. The summed E-state index contributed by atoms with van der Waals surface area (Å²) in [5, 5.41) is 0. The molecule has 0 unspecified atom stereocenters. The SMILES string of the molecule is Cn1c(=O)n(CCC(=O)N2CCN(C(=O)C3CC3)CC2)c2ccccc21.